The molecule has 1 N–H and O–H groups in total. The molecule has 0 spiro atoms. The summed E-state index contributed by atoms with van der Waals surface area (Å²) >= 11 is 0. The number of halogens is 1. The van der Waals surface area contributed by atoms with Gasteiger partial charge in [0.05, 0.1) is 36.5 Å². The number of aliphatic hydroxyl groups excluding tert-OH is 1. The number of esters is 1. The highest BCUT2D eigenvalue weighted by molar-refractivity contribution is 6.51. The number of aliphatic hydroxyl groups is 1. The number of amides is 1. The molecule has 0 aliphatic carbocycles. The average Bonchev–Trinajstić information content (AvgIpc) is 3.17. The fraction of sp³-hybridized carbons (Fsp3) is 0.233. The molecule has 3 aromatic rings. The summed E-state index contributed by atoms with van der Waals surface area (Å²) in [6, 6.07) is 15.8. The van der Waals surface area contributed by atoms with E-state index in [1.54, 1.807) is 30.3 Å². The third kappa shape index (κ3) is 5.16. The number of carbonyl (C=O) groups excluding carboxylic acids is 3. The second kappa shape index (κ2) is 10.9. The molecular formula is C30H28FNO6. The van der Waals surface area contributed by atoms with Crippen molar-refractivity contribution < 1.29 is 33.4 Å². The highest BCUT2D eigenvalue weighted by Crippen LogP contribution is 2.43. The van der Waals surface area contributed by atoms with Crippen molar-refractivity contribution in [3.63, 3.8) is 0 Å². The van der Waals surface area contributed by atoms with Crippen LogP contribution in [0.4, 0.5) is 10.1 Å². The predicted molar refractivity (Wildman–Crippen MR) is 140 cm³/mol. The number of aryl methyl sites for hydroxylation is 1. The summed E-state index contributed by atoms with van der Waals surface area (Å²) in [5.74, 6) is -3.18. The first kappa shape index (κ1) is 26.6. The second-order valence-corrected chi connectivity index (χ2v) is 9.47. The van der Waals surface area contributed by atoms with E-state index in [2.05, 4.69) is 0 Å². The molecule has 1 amide bonds. The standard InChI is InChI=1S/C30H28FNO6/c1-17(2)16-38-30(36)19-8-11-22(12-9-19)32-26(20-7-5-6-18(3)14-20)25(28(34)29(32)35)27(33)23-15-21(31)10-13-24(23)37-4/h5-15,17,26,33H,16H2,1-4H3/b27-25+. The lowest BCUT2D eigenvalue weighted by atomic mass is 9.94. The van der Waals surface area contributed by atoms with Gasteiger partial charge in [0.1, 0.15) is 17.3 Å². The molecule has 1 heterocycles. The van der Waals surface area contributed by atoms with Crippen LogP contribution in [-0.4, -0.2) is 36.5 Å². The normalized spacial score (nSPS) is 16.7. The van der Waals surface area contributed by atoms with Crippen molar-refractivity contribution in [2.24, 2.45) is 5.92 Å². The van der Waals surface area contributed by atoms with Gasteiger partial charge in [-0.15, -0.1) is 0 Å². The molecule has 0 aromatic heterocycles. The van der Waals surface area contributed by atoms with Crippen molar-refractivity contribution in [2.75, 3.05) is 18.6 Å². The maximum Gasteiger partial charge on any atom is 0.338 e. The molecule has 1 fully saturated rings. The predicted octanol–water partition coefficient (Wildman–Crippen LogP) is 5.58. The van der Waals surface area contributed by atoms with Crippen LogP contribution < -0.4 is 9.64 Å². The van der Waals surface area contributed by atoms with Crippen LogP contribution in [0.25, 0.3) is 5.76 Å². The quantitative estimate of drug-likeness (QED) is 0.190. The van der Waals surface area contributed by atoms with Gasteiger partial charge < -0.3 is 14.6 Å². The first-order chi connectivity index (χ1) is 18.1. The van der Waals surface area contributed by atoms with Crippen LogP contribution >= 0.6 is 0 Å². The van der Waals surface area contributed by atoms with Crippen molar-refractivity contribution in [1.29, 1.82) is 0 Å². The number of ether oxygens (including phenoxy) is 2. The maximum atomic E-state index is 14.1. The first-order valence-electron chi connectivity index (χ1n) is 12.1. The van der Waals surface area contributed by atoms with E-state index in [0.717, 1.165) is 11.6 Å². The molecule has 1 aliphatic heterocycles. The molecular weight excluding hydrogens is 489 g/mol. The van der Waals surface area contributed by atoms with Crippen molar-refractivity contribution in [3.8, 4) is 5.75 Å². The van der Waals surface area contributed by atoms with Gasteiger partial charge in [0.15, 0.2) is 0 Å². The van der Waals surface area contributed by atoms with Gasteiger partial charge in [0, 0.05) is 5.69 Å². The number of carbonyl (C=O) groups is 3. The number of benzene rings is 3. The van der Waals surface area contributed by atoms with Crippen molar-refractivity contribution in [1.82, 2.24) is 0 Å². The van der Waals surface area contributed by atoms with Gasteiger partial charge in [-0.2, -0.15) is 0 Å². The largest absolute Gasteiger partial charge is 0.507 e. The molecule has 1 aliphatic rings. The Morgan fingerprint density at radius 1 is 1.05 bits per heavy atom. The topological polar surface area (TPSA) is 93.1 Å². The van der Waals surface area contributed by atoms with Gasteiger partial charge in [-0.25, -0.2) is 9.18 Å². The molecule has 1 atom stereocenters. The van der Waals surface area contributed by atoms with Gasteiger partial charge in [-0.3, -0.25) is 14.5 Å². The molecule has 0 saturated carbocycles. The van der Waals surface area contributed by atoms with Gasteiger partial charge in [0.2, 0.25) is 0 Å². The van der Waals surface area contributed by atoms with Crippen molar-refractivity contribution in [2.45, 2.75) is 26.8 Å². The van der Waals surface area contributed by atoms with E-state index in [-0.39, 0.29) is 29.4 Å². The number of hydrogen-bond donors (Lipinski definition) is 1. The van der Waals surface area contributed by atoms with E-state index >= 15 is 0 Å². The minimum atomic E-state index is -1.01. The van der Waals surface area contributed by atoms with Gasteiger partial charge in [0.25, 0.3) is 11.7 Å². The molecule has 0 bridgehead atoms. The van der Waals surface area contributed by atoms with Crippen LogP contribution in [-0.2, 0) is 14.3 Å². The monoisotopic (exact) mass is 517 g/mol. The van der Waals surface area contributed by atoms with E-state index in [1.165, 1.54) is 36.3 Å². The lowest BCUT2D eigenvalue weighted by molar-refractivity contribution is -0.132. The zero-order valence-corrected chi connectivity index (χ0v) is 21.5. The zero-order chi connectivity index (χ0) is 27.6. The minimum Gasteiger partial charge on any atom is -0.507 e. The lowest BCUT2D eigenvalue weighted by Crippen LogP contribution is -2.29. The summed E-state index contributed by atoms with van der Waals surface area (Å²) in [5.41, 5.74) is 1.82. The highest BCUT2D eigenvalue weighted by Gasteiger charge is 2.47. The Bertz CT molecular complexity index is 1430. The Labute approximate surface area is 220 Å². The third-order valence-electron chi connectivity index (χ3n) is 6.15. The van der Waals surface area contributed by atoms with Crippen LogP contribution in [0.3, 0.4) is 0 Å². The Morgan fingerprint density at radius 2 is 1.76 bits per heavy atom. The molecule has 196 valence electrons. The number of methoxy groups -OCH3 is 1. The zero-order valence-electron chi connectivity index (χ0n) is 21.5. The lowest BCUT2D eigenvalue weighted by Gasteiger charge is -2.26. The number of rotatable bonds is 7. The molecule has 1 unspecified atom stereocenters. The summed E-state index contributed by atoms with van der Waals surface area (Å²) in [5, 5.41) is 11.3. The van der Waals surface area contributed by atoms with Gasteiger partial charge >= 0.3 is 5.97 Å². The van der Waals surface area contributed by atoms with Gasteiger partial charge in [-0.1, -0.05) is 43.7 Å². The molecule has 3 aromatic carbocycles. The van der Waals surface area contributed by atoms with E-state index in [0.29, 0.717) is 16.8 Å². The highest BCUT2D eigenvalue weighted by atomic mass is 19.1. The summed E-state index contributed by atoms with van der Waals surface area (Å²) in [4.78, 5) is 40.4. The summed E-state index contributed by atoms with van der Waals surface area (Å²) < 4.78 is 24.7. The average molecular weight is 518 g/mol. The van der Waals surface area contributed by atoms with Crippen molar-refractivity contribution in [3.05, 3.63) is 100 Å². The fourth-order valence-electron chi connectivity index (χ4n) is 4.35. The Kier molecular flexibility index (Phi) is 7.62. The summed E-state index contributed by atoms with van der Waals surface area (Å²) in [6.07, 6.45) is 0. The first-order valence-corrected chi connectivity index (χ1v) is 12.1. The molecule has 1 saturated heterocycles. The summed E-state index contributed by atoms with van der Waals surface area (Å²) in [6.45, 7) is 5.99. The fourth-order valence-corrected chi connectivity index (χ4v) is 4.35. The van der Waals surface area contributed by atoms with E-state index in [1.807, 2.05) is 26.8 Å². The number of ketones is 1. The van der Waals surface area contributed by atoms with Crippen LogP contribution in [0, 0.1) is 18.7 Å². The SMILES string of the molecule is COc1ccc(F)cc1/C(O)=C1\C(=O)C(=O)N(c2ccc(C(=O)OCC(C)C)cc2)C1c1cccc(C)c1. The number of anilines is 1. The van der Waals surface area contributed by atoms with Crippen LogP contribution in [0.1, 0.15) is 46.9 Å². The smallest absolute Gasteiger partial charge is 0.338 e. The van der Waals surface area contributed by atoms with Crippen LogP contribution in [0.2, 0.25) is 0 Å². The summed E-state index contributed by atoms with van der Waals surface area (Å²) in [7, 11) is 1.36. The van der Waals surface area contributed by atoms with E-state index in [9.17, 15) is 23.9 Å². The molecule has 4 rings (SSSR count). The van der Waals surface area contributed by atoms with Crippen molar-refractivity contribution >= 4 is 29.1 Å². The molecule has 0 radical (unpaired) electrons. The third-order valence-corrected chi connectivity index (χ3v) is 6.15. The van der Waals surface area contributed by atoms with Crippen LogP contribution in [0.15, 0.2) is 72.3 Å². The molecule has 7 nitrogen and oxygen atoms in total. The van der Waals surface area contributed by atoms with E-state index < -0.39 is 35.3 Å². The maximum absolute atomic E-state index is 14.1. The Morgan fingerprint density at radius 3 is 2.39 bits per heavy atom. The number of nitrogens with zero attached hydrogens (tertiary/aromatic N) is 1. The Balaban J connectivity index is 1.85. The second-order valence-electron chi connectivity index (χ2n) is 9.47. The molecule has 38 heavy (non-hydrogen) atoms. The Hall–Kier alpha value is -4.46. The molecule has 8 heteroatoms. The number of Topliss-reactive ketones (excluding diaryl/α,β-unsaturated/α-hetero) is 1. The number of hydrogen-bond acceptors (Lipinski definition) is 6. The van der Waals surface area contributed by atoms with Gasteiger partial charge in [-0.05, 0) is 60.9 Å². The van der Waals surface area contributed by atoms with E-state index in [4.69, 9.17) is 9.47 Å². The minimum absolute atomic E-state index is 0.0496. The van der Waals surface area contributed by atoms with Crippen LogP contribution in [0.5, 0.6) is 5.75 Å².